The molecule has 0 saturated heterocycles. The maximum absolute atomic E-state index is 8.74. The number of rotatable bonds is 8. The lowest BCUT2D eigenvalue weighted by Crippen LogP contribution is -2.22. The summed E-state index contributed by atoms with van der Waals surface area (Å²) in [4.78, 5) is 0. The summed E-state index contributed by atoms with van der Waals surface area (Å²) in [5.74, 6) is 0.906. The quantitative estimate of drug-likeness (QED) is 0.724. The van der Waals surface area contributed by atoms with Gasteiger partial charge in [-0.2, -0.15) is 0 Å². The fraction of sp³-hybridized carbons (Fsp3) is 0.571. The highest BCUT2D eigenvalue weighted by Gasteiger charge is 2.08. The Kier molecular flexibility index (Phi) is 7.32. The van der Waals surface area contributed by atoms with Crippen LogP contribution in [0.3, 0.4) is 0 Å². The minimum absolute atomic E-state index is 0.223. The van der Waals surface area contributed by atoms with Crippen molar-refractivity contribution in [1.82, 2.24) is 5.32 Å². The Bertz CT molecular complexity index is 356. The van der Waals surface area contributed by atoms with Gasteiger partial charge in [-0.3, -0.25) is 0 Å². The van der Waals surface area contributed by atoms with Crippen LogP contribution in [0.2, 0.25) is 0 Å². The molecule has 0 aliphatic carbocycles. The van der Waals surface area contributed by atoms with Crippen LogP contribution in [0.5, 0.6) is 5.75 Å². The molecular weight excluding hydrogens is 294 g/mol. The van der Waals surface area contributed by atoms with Crippen LogP contribution < -0.4 is 10.1 Å². The second kappa shape index (κ2) is 8.51. The molecule has 3 nitrogen and oxygen atoms in total. The molecule has 2 N–H and O–H groups in total. The van der Waals surface area contributed by atoms with Gasteiger partial charge in [0.15, 0.2) is 0 Å². The first kappa shape index (κ1) is 15.5. The zero-order valence-electron chi connectivity index (χ0n) is 11.1. The number of unbranched alkanes of at least 4 members (excludes halogenated alkanes) is 1. The van der Waals surface area contributed by atoms with Crippen LogP contribution in [0, 0.1) is 0 Å². The van der Waals surface area contributed by atoms with Crippen LogP contribution in [0.4, 0.5) is 0 Å². The van der Waals surface area contributed by atoms with Gasteiger partial charge in [0, 0.05) is 24.8 Å². The van der Waals surface area contributed by atoms with Crippen molar-refractivity contribution >= 4 is 15.9 Å². The Morgan fingerprint density at radius 2 is 2.11 bits per heavy atom. The van der Waals surface area contributed by atoms with Crippen LogP contribution >= 0.6 is 15.9 Å². The van der Waals surface area contributed by atoms with Gasteiger partial charge < -0.3 is 15.2 Å². The second-order valence-corrected chi connectivity index (χ2v) is 5.40. The molecule has 0 radical (unpaired) electrons. The number of nitrogens with one attached hydrogen (secondary N) is 1. The minimum atomic E-state index is 0.223. The van der Waals surface area contributed by atoms with Crippen molar-refractivity contribution in [3.63, 3.8) is 0 Å². The summed E-state index contributed by atoms with van der Waals surface area (Å²) in [7, 11) is 0. The van der Waals surface area contributed by atoms with Crippen LogP contribution in [-0.4, -0.2) is 24.4 Å². The van der Waals surface area contributed by atoms with Gasteiger partial charge in [-0.15, -0.1) is 0 Å². The zero-order valence-corrected chi connectivity index (χ0v) is 12.7. The van der Waals surface area contributed by atoms with Crippen molar-refractivity contribution in [2.45, 2.75) is 39.3 Å². The van der Waals surface area contributed by atoms with Crippen LogP contribution in [0.15, 0.2) is 22.7 Å². The molecule has 0 spiro atoms. The number of aliphatic hydroxyl groups excluding tert-OH is 1. The summed E-state index contributed by atoms with van der Waals surface area (Å²) in [5.41, 5.74) is 1.15. The Morgan fingerprint density at radius 3 is 2.78 bits per heavy atom. The lowest BCUT2D eigenvalue weighted by Gasteiger charge is -2.15. The van der Waals surface area contributed by atoms with E-state index in [2.05, 4.69) is 41.2 Å². The number of halogens is 1. The summed E-state index contributed by atoms with van der Waals surface area (Å²) in [6.45, 7) is 5.91. The highest BCUT2D eigenvalue weighted by Crippen LogP contribution is 2.29. The molecule has 1 aromatic rings. The predicted molar refractivity (Wildman–Crippen MR) is 77.9 cm³/mol. The minimum Gasteiger partial charge on any atom is -0.492 e. The number of para-hydroxylation sites is 1. The first-order valence-electron chi connectivity index (χ1n) is 6.39. The van der Waals surface area contributed by atoms with E-state index in [4.69, 9.17) is 9.84 Å². The van der Waals surface area contributed by atoms with Crippen LogP contribution in [-0.2, 0) is 6.54 Å². The molecule has 0 fully saturated rings. The smallest absolute Gasteiger partial charge is 0.137 e. The van der Waals surface area contributed by atoms with Gasteiger partial charge in [0.2, 0.25) is 0 Å². The first-order valence-corrected chi connectivity index (χ1v) is 7.19. The summed E-state index contributed by atoms with van der Waals surface area (Å²) in [5, 5.41) is 12.1. The van der Waals surface area contributed by atoms with Crippen molar-refractivity contribution in [2.75, 3.05) is 13.2 Å². The lowest BCUT2D eigenvalue weighted by atomic mass is 10.2. The van der Waals surface area contributed by atoms with E-state index in [9.17, 15) is 0 Å². The lowest BCUT2D eigenvalue weighted by molar-refractivity contribution is 0.251. The summed E-state index contributed by atoms with van der Waals surface area (Å²) >= 11 is 3.52. The molecular formula is C14H22BrNO2. The molecule has 1 rings (SSSR count). The van der Waals surface area contributed by atoms with E-state index in [1.165, 1.54) is 0 Å². The second-order valence-electron chi connectivity index (χ2n) is 4.54. The van der Waals surface area contributed by atoms with Crippen LogP contribution in [0.1, 0.15) is 32.3 Å². The van der Waals surface area contributed by atoms with Gasteiger partial charge in [0.1, 0.15) is 5.75 Å². The maximum Gasteiger partial charge on any atom is 0.137 e. The fourth-order valence-corrected chi connectivity index (χ4v) is 2.08. The first-order chi connectivity index (χ1) is 8.65. The highest BCUT2D eigenvalue weighted by atomic mass is 79.9. The van der Waals surface area contributed by atoms with Crippen molar-refractivity contribution in [1.29, 1.82) is 0 Å². The molecule has 0 atom stereocenters. The van der Waals surface area contributed by atoms with Gasteiger partial charge >= 0.3 is 0 Å². The molecule has 0 aliphatic heterocycles. The molecule has 0 bridgehead atoms. The van der Waals surface area contributed by atoms with Crippen molar-refractivity contribution in [2.24, 2.45) is 0 Å². The summed E-state index contributed by atoms with van der Waals surface area (Å²) in [6, 6.07) is 6.52. The van der Waals surface area contributed by atoms with E-state index < -0.39 is 0 Å². The average Bonchev–Trinajstić information content (AvgIpc) is 2.34. The molecule has 0 aliphatic rings. The summed E-state index contributed by atoms with van der Waals surface area (Å²) in [6.07, 6.45) is 1.65. The standard InChI is InChI=1S/C14H22BrNO2/c1-11(2)16-10-12-6-5-7-13(15)14(12)18-9-4-3-8-17/h5-7,11,16-17H,3-4,8-10H2,1-2H3. The fourth-order valence-electron chi connectivity index (χ4n) is 1.56. The van der Waals surface area contributed by atoms with E-state index in [0.29, 0.717) is 12.6 Å². The summed E-state index contributed by atoms with van der Waals surface area (Å²) < 4.78 is 6.79. The normalized spacial score (nSPS) is 10.9. The van der Waals surface area contributed by atoms with E-state index in [0.717, 1.165) is 35.2 Å². The third-order valence-electron chi connectivity index (χ3n) is 2.55. The van der Waals surface area contributed by atoms with Gasteiger partial charge in [0.05, 0.1) is 11.1 Å². The van der Waals surface area contributed by atoms with Gasteiger partial charge in [-0.25, -0.2) is 0 Å². The van der Waals surface area contributed by atoms with Crippen molar-refractivity contribution in [3.8, 4) is 5.75 Å². The molecule has 0 saturated carbocycles. The van der Waals surface area contributed by atoms with Gasteiger partial charge in [0.25, 0.3) is 0 Å². The Morgan fingerprint density at radius 1 is 1.33 bits per heavy atom. The van der Waals surface area contributed by atoms with E-state index in [1.807, 2.05) is 12.1 Å². The van der Waals surface area contributed by atoms with Crippen molar-refractivity contribution in [3.05, 3.63) is 28.2 Å². The number of hydrogen-bond acceptors (Lipinski definition) is 3. The zero-order chi connectivity index (χ0) is 13.4. The number of benzene rings is 1. The van der Waals surface area contributed by atoms with Gasteiger partial charge in [-0.1, -0.05) is 26.0 Å². The molecule has 0 amide bonds. The topological polar surface area (TPSA) is 41.5 Å². The molecule has 0 aromatic heterocycles. The Balaban J connectivity index is 2.62. The molecule has 102 valence electrons. The number of hydrogen-bond donors (Lipinski definition) is 2. The highest BCUT2D eigenvalue weighted by molar-refractivity contribution is 9.10. The third-order valence-corrected chi connectivity index (χ3v) is 3.17. The molecule has 1 aromatic carbocycles. The maximum atomic E-state index is 8.74. The third kappa shape index (κ3) is 5.38. The Hall–Kier alpha value is -0.580. The molecule has 4 heteroatoms. The molecule has 18 heavy (non-hydrogen) atoms. The SMILES string of the molecule is CC(C)NCc1cccc(Br)c1OCCCCO. The van der Waals surface area contributed by atoms with Crippen molar-refractivity contribution < 1.29 is 9.84 Å². The Labute approximate surface area is 118 Å². The van der Waals surface area contributed by atoms with Crippen LogP contribution in [0.25, 0.3) is 0 Å². The van der Waals surface area contributed by atoms with E-state index >= 15 is 0 Å². The van der Waals surface area contributed by atoms with Gasteiger partial charge in [-0.05, 0) is 34.8 Å². The number of aliphatic hydroxyl groups is 1. The largest absolute Gasteiger partial charge is 0.492 e. The molecule has 0 unspecified atom stereocenters. The van der Waals surface area contributed by atoms with E-state index in [-0.39, 0.29) is 6.61 Å². The molecule has 0 heterocycles. The monoisotopic (exact) mass is 315 g/mol. The number of ether oxygens (including phenoxy) is 1. The van der Waals surface area contributed by atoms with E-state index in [1.54, 1.807) is 0 Å². The average molecular weight is 316 g/mol. The predicted octanol–water partition coefficient (Wildman–Crippen LogP) is 3.10.